The number of nitrogens with one attached hydrogen (secondary N) is 1. The van der Waals surface area contributed by atoms with Crippen LogP contribution >= 0.6 is 11.6 Å². The van der Waals surface area contributed by atoms with E-state index in [0.29, 0.717) is 28.8 Å². The van der Waals surface area contributed by atoms with E-state index in [1.54, 1.807) is 36.7 Å². The predicted molar refractivity (Wildman–Crippen MR) is 113 cm³/mol. The maximum absolute atomic E-state index is 12.2. The quantitative estimate of drug-likeness (QED) is 0.586. The Morgan fingerprint density at radius 3 is 2.76 bits per heavy atom. The van der Waals surface area contributed by atoms with Gasteiger partial charge < -0.3 is 14.8 Å². The zero-order valence-electron chi connectivity index (χ0n) is 16.3. The van der Waals surface area contributed by atoms with Crippen LogP contribution in [-0.2, 0) is 4.79 Å². The molecule has 0 radical (unpaired) electrons. The zero-order valence-corrected chi connectivity index (χ0v) is 17.1. The van der Waals surface area contributed by atoms with Crippen LogP contribution in [0.5, 0.6) is 11.5 Å². The second-order valence-corrected chi connectivity index (χ2v) is 6.45. The van der Waals surface area contributed by atoms with Crippen LogP contribution in [0.2, 0.25) is 5.02 Å². The number of hydrogen-bond acceptors (Lipinski definition) is 5. The molecule has 150 valence electrons. The minimum absolute atomic E-state index is 0.289. The molecule has 7 nitrogen and oxygen atoms in total. The van der Waals surface area contributed by atoms with Crippen molar-refractivity contribution in [3.63, 3.8) is 0 Å². The number of carbonyl (C=O) groups excluding carboxylic acids is 1. The third kappa shape index (κ3) is 4.94. The summed E-state index contributed by atoms with van der Waals surface area (Å²) in [6, 6.07) is 7.06. The number of aromatic nitrogens is 3. The molecule has 29 heavy (non-hydrogen) atoms. The number of hydrogen-bond donors (Lipinski definition) is 1. The van der Waals surface area contributed by atoms with E-state index in [4.69, 9.17) is 21.1 Å². The van der Waals surface area contributed by atoms with Crippen molar-refractivity contribution >= 4 is 29.3 Å². The highest BCUT2D eigenvalue weighted by molar-refractivity contribution is 6.32. The van der Waals surface area contributed by atoms with Crippen LogP contribution in [0.1, 0.15) is 18.3 Å². The second kappa shape index (κ2) is 9.25. The Balaban J connectivity index is 1.69. The molecular weight excluding hydrogens is 392 g/mol. The van der Waals surface area contributed by atoms with Crippen molar-refractivity contribution in [3.05, 3.63) is 65.3 Å². The van der Waals surface area contributed by atoms with Crippen molar-refractivity contribution in [2.24, 2.45) is 0 Å². The second-order valence-electron chi connectivity index (χ2n) is 6.04. The molecule has 0 aliphatic heterocycles. The van der Waals surface area contributed by atoms with Gasteiger partial charge in [-0.05, 0) is 49.8 Å². The molecule has 0 fully saturated rings. The van der Waals surface area contributed by atoms with Crippen molar-refractivity contribution in [1.29, 1.82) is 0 Å². The molecule has 3 rings (SSSR count). The molecule has 3 aromatic rings. The Labute approximate surface area is 174 Å². The molecule has 0 saturated carbocycles. The van der Waals surface area contributed by atoms with Gasteiger partial charge in [0.15, 0.2) is 11.5 Å². The Morgan fingerprint density at radius 1 is 1.31 bits per heavy atom. The lowest BCUT2D eigenvalue weighted by atomic mass is 10.2. The van der Waals surface area contributed by atoms with Gasteiger partial charge in [-0.1, -0.05) is 11.6 Å². The van der Waals surface area contributed by atoms with E-state index in [1.807, 2.05) is 30.7 Å². The van der Waals surface area contributed by atoms with E-state index in [2.05, 4.69) is 15.3 Å². The zero-order chi connectivity index (χ0) is 20.8. The summed E-state index contributed by atoms with van der Waals surface area (Å²) in [6.07, 6.45) is 8.20. The summed E-state index contributed by atoms with van der Waals surface area (Å²) >= 11 is 6.23. The molecular formula is C21H21ClN4O3. The maximum Gasteiger partial charge on any atom is 0.248 e. The summed E-state index contributed by atoms with van der Waals surface area (Å²) in [6.45, 7) is 4.24. The van der Waals surface area contributed by atoms with Crippen LogP contribution < -0.4 is 14.8 Å². The van der Waals surface area contributed by atoms with Gasteiger partial charge in [0, 0.05) is 18.5 Å². The lowest BCUT2D eigenvalue weighted by molar-refractivity contribution is -0.111. The van der Waals surface area contributed by atoms with E-state index in [1.165, 1.54) is 13.2 Å². The highest BCUT2D eigenvalue weighted by atomic mass is 35.5. The van der Waals surface area contributed by atoms with E-state index in [9.17, 15) is 4.79 Å². The summed E-state index contributed by atoms with van der Waals surface area (Å²) in [4.78, 5) is 20.8. The fourth-order valence-corrected chi connectivity index (χ4v) is 3.02. The van der Waals surface area contributed by atoms with Gasteiger partial charge in [-0.3, -0.25) is 9.36 Å². The molecule has 2 heterocycles. The normalized spacial score (nSPS) is 10.9. The van der Waals surface area contributed by atoms with Crippen LogP contribution in [0.3, 0.4) is 0 Å². The van der Waals surface area contributed by atoms with Crippen LogP contribution in [0, 0.1) is 6.92 Å². The van der Waals surface area contributed by atoms with Gasteiger partial charge in [-0.2, -0.15) is 0 Å². The Bertz CT molecular complexity index is 1030. The van der Waals surface area contributed by atoms with Crippen molar-refractivity contribution in [2.75, 3.05) is 19.0 Å². The molecule has 0 aliphatic rings. The average molecular weight is 413 g/mol. The summed E-state index contributed by atoms with van der Waals surface area (Å²) < 4.78 is 12.7. The monoisotopic (exact) mass is 412 g/mol. The number of carbonyl (C=O) groups is 1. The molecule has 2 aromatic heterocycles. The molecule has 0 bridgehead atoms. The third-order valence-electron chi connectivity index (χ3n) is 4.05. The molecule has 1 aromatic carbocycles. The van der Waals surface area contributed by atoms with E-state index >= 15 is 0 Å². The van der Waals surface area contributed by atoms with E-state index < -0.39 is 0 Å². The highest BCUT2D eigenvalue weighted by Crippen LogP contribution is 2.36. The number of aryl methyl sites for hydroxylation is 1. The molecule has 0 saturated heterocycles. The van der Waals surface area contributed by atoms with Crippen molar-refractivity contribution in [2.45, 2.75) is 13.8 Å². The number of ether oxygens (including phenoxy) is 2. The smallest absolute Gasteiger partial charge is 0.248 e. The van der Waals surface area contributed by atoms with Gasteiger partial charge >= 0.3 is 0 Å². The van der Waals surface area contributed by atoms with E-state index in [0.717, 1.165) is 17.2 Å². The molecule has 0 unspecified atom stereocenters. The molecule has 0 spiro atoms. The van der Waals surface area contributed by atoms with Crippen LogP contribution in [0.15, 0.2) is 48.9 Å². The van der Waals surface area contributed by atoms with E-state index in [-0.39, 0.29) is 5.91 Å². The first-order valence-electron chi connectivity index (χ1n) is 8.97. The largest absolute Gasteiger partial charge is 0.491 e. The number of methoxy groups -OCH3 is 1. The molecule has 1 amide bonds. The number of amides is 1. The number of rotatable bonds is 7. The number of benzene rings is 1. The van der Waals surface area contributed by atoms with Gasteiger partial charge in [0.1, 0.15) is 11.6 Å². The first kappa shape index (κ1) is 20.4. The van der Waals surface area contributed by atoms with Crippen LogP contribution in [-0.4, -0.2) is 34.2 Å². The fraction of sp³-hybridized carbons (Fsp3) is 0.190. The van der Waals surface area contributed by atoms with Gasteiger partial charge in [0.05, 0.1) is 30.6 Å². The third-order valence-corrected chi connectivity index (χ3v) is 4.33. The lowest BCUT2D eigenvalue weighted by Gasteiger charge is -2.11. The topological polar surface area (TPSA) is 78.3 Å². The van der Waals surface area contributed by atoms with Crippen LogP contribution in [0.25, 0.3) is 11.9 Å². The number of pyridine rings is 1. The average Bonchev–Trinajstić information content (AvgIpc) is 3.13. The van der Waals surface area contributed by atoms with Gasteiger partial charge in [-0.15, -0.1) is 0 Å². The summed E-state index contributed by atoms with van der Waals surface area (Å²) in [5.74, 6) is 2.27. The summed E-state index contributed by atoms with van der Waals surface area (Å²) in [7, 11) is 1.53. The molecule has 8 heteroatoms. The Morgan fingerprint density at radius 2 is 2.14 bits per heavy atom. The Kier molecular flexibility index (Phi) is 6.51. The standard InChI is InChI=1S/C21H21ClN4O3/c1-4-29-18-12-15(11-17(22)21(18)28-3)5-8-20(27)25-16-6-7-19(24-13-16)26-10-9-23-14(26)2/h5-13H,4H2,1-3H3,(H,25,27). The molecule has 0 aliphatic carbocycles. The lowest BCUT2D eigenvalue weighted by Crippen LogP contribution is -2.08. The first-order valence-corrected chi connectivity index (χ1v) is 9.35. The van der Waals surface area contributed by atoms with Crippen molar-refractivity contribution < 1.29 is 14.3 Å². The van der Waals surface area contributed by atoms with Gasteiger partial charge in [0.2, 0.25) is 5.91 Å². The van der Waals surface area contributed by atoms with Crippen LogP contribution in [0.4, 0.5) is 5.69 Å². The SMILES string of the molecule is CCOc1cc(C=CC(=O)Nc2ccc(-n3ccnc3C)nc2)cc(Cl)c1OC. The molecule has 0 atom stereocenters. The summed E-state index contributed by atoms with van der Waals surface area (Å²) in [5, 5.41) is 3.18. The number of imidazole rings is 1. The minimum Gasteiger partial charge on any atom is -0.491 e. The predicted octanol–water partition coefficient (Wildman–Crippen LogP) is 4.29. The molecule has 1 N–H and O–H groups in total. The summed E-state index contributed by atoms with van der Waals surface area (Å²) in [5.41, 5.74) is 1.31. The van der Waals surface area contributed by atoms with Gasteiger partial charge in [0.25, 0.3) is 0 Å². The van der Waals surface area contributed by atoms with Gasteiger partial charge in [-0.25, -0.2) is 9.97 Å². The fourth-order valence-electron chi connectivity index (χ4n) is 2.72. The number of halogens is 1. The minimum atomic E-state index is -0.289. The highest BCUT2D eigenvalue weighted by Gasteiger charge is 2.10. The number of nitrogens with zero attached hydrogens (tertiary/aromatic N) is 3. The maximum atomic E-state index is 12.2. The van der Waals surface area contributed by atoms with Crippen molar-refractivity contribution in [3.8, 4) is 17.3 Å². The Hall–Kier alpha value is -3.32. The number of anilines is 1. The van der Waals surface area contributed by atoms with Crippen molar-refractivity contribution in [1.82, 2.24) is 14.5 Å². The first-order chi connectivity index (χ1) is 14.0.